The van der Waals surface area contributed by atoms with E-state index < -0.39 is 0 Å². The summed E-state index contributed by atoms with van der Waals surface area (Å²) < 4.78 is 8.75. The highest BCUT2D eigenvalue weighted by atomic mass is 16.3. The van der Waals surface area contributed by atoms with E-state index in [0.717, 1.165) is 77.9 Å². The molecule has 3 heterocycles. The maximum absolute atomic E-state index is 6.41. The zero-order valence-electron chi connectivity index (χ0n) is 27.0. The summed E-state index contributed by atoms with van der Waals surface area (Å²) in [5.41, 5.74) is 12.3. The maximum Gasteiger partial charge on any atom is 0.160 e. The number of aromatic nitrogens is 3. The largest absolute Gasteiger partial charge is 0.455 e. The predicted octanol–water partition coefficient (Wildman–Crippen LogP) is 12.1. The van der Waals surface area contributed by atoms with E-state index in [-0.39, 0.29) is 0 Å². The summed E-state index contributed by atoms with van der Waals surface area (Å²) in [5.74, 6) is 0.698. The van der Waals surface area contributed by atoms with Crippen molar-refractivity contribution in [2.45, 2.75) is 0 Å². The van der Waals surface area contributed by atoms with Gasteiger partial charge < -0.3 is 8.98 Å². The molecule has 0 aliphatic carbocycles. The average Bonchev–Trinajstić information content (AvgIpc) is 3.74. The van der Waals surface area contributed by atoms with Crippen molar-refractivity contribution in [2.75, 3.05) is 0 Å². The summed E-state index contributed by atoms with van der Waals surface area (Å²) in [7, 11) is 0. The third-order valence-corrected chi connectivity index (χ3v) is 9.64. The molecule has 0 aliphatic heterocycles. The Hall–Kier alpha value is -6.78. The molecule has 0 bridgehead atoms. The predicted molar refractivity (Wildman–Crippen MR) is 205 cm³/mol. The molecular formula is C46H29N3O. The summed E-state index contributed by atoms with van der Waals surface area (Å²) in [6.07, 6.45) is 0. The van der Waals surface area contributed by atoms with Crippen LogP contribution in [0.4, 0.5) is 0 Å². The van der Waals surface area contributed by atoms with Gasteiger partial charge in [0.25, 0.3) is 0 Å². The Morgan fingerprint density at radius 3 is 1.74 bits per heavy atom. The molecule has 0 spiro atoms. The van der Waals surface area contributed by atoms with Crippen molar-refractivity contribution >= 4 is 43.7 Å². The molecule has 0 saturated carbocycles. The monoisotopic (exact) mass is 639 g/mol. The van der Waals surface area contributed by atoms with Crippen molar-refractivity contribution in [3.63, 3.8) is 0 Å². The number of hydrogen-bond donors (Lipinski definition) is 0. The highest BCUT2D eigenvalue weighted by molar-refractivity contribution is 6.13. The molecular weight excluding hydrogens is 611 g/mol. The molecule has 50 heavy (non-hydrogen) atoms. The topological polar surface area (TPSA) is 43.9 Å². The van der Waals surface area contributed by atoms with Gasteiger partial charge in [0.05, 0.1) is 22.4 Å². The van der Waals surface area contributed by atoms with Gasteiger partial charge in [0.1, 0.15) is 11.2 Å². The van der Waals surface area contributed by atoms with Gasteiger partial charge in [0, 0.05) is 49.5 Å². The van der Waals surface area contributed by atoms with Crippen LogP contribution in [0.15, 0.2) is 180 Å². The Morgan fingerprint density at radius 1 is 0.400 bits per heavy atom. The lowest BCUT2D eigenvalue weighted by molar-refractivity contribution is 0.670. The average molecular weight is 640 g/mol. The van der Waals surface area contributed by atoms with Crippen LogP contribution in [-0.2, 0) is 0 Å². The number of hydrogen-bond acceptors (Lipinski definition) is 3. The molecule has 7 aromatic carbocycles. The highest BCUT2D eigenvalue weighted by Crippen LogP contribution is 2.39. The van der Waals surface area contributed by atoms with Crippen LogP contribution in [-0.4, -0.2) is 14.5 Å². The van der Waals surface area contributed by atoms with Crippen LogP contribution in [0.25, 0.3) is 94.5 Å². The quantitative estimate of drug-likeness (QED) is 0.188. The van der Waals surface area contributed by atoms with Crippen molar-refractivity contribution in [2.24, 2.45) is 0 Å². The van der Waals surface area contributed by atoms with Crippen LogP contribution in [0.3, 0.4) is 0 Å². The Labute approximate surface area is 288 Å². The Kier molecular flexibility index (Phi) is 6.46. The molecule has 234 valence electrons. The molecule has 0 N–H and O–H groups in total. The van der Waals surface area contributed by atoms with E-state index in [1.165, 1.54) is 10.8 Å². The van der Waals surface area contributed by atoms with E-state index in [1.807, 2.05) is 48.5 Å². The van der Waals surface area contributed by atoms with E-state index in [2.05, 4.69) is 132 Å². The minimum absolute atomic E-state index is 0.698. The van der Waals surface area contributed by atoms with Gasteiger partial charge in [-0.1, -0.05) is 121 Å². The van der Waals surface area contributed by atoms with E-state index in [0.29, 0.717) is 5.82 Å². The lowest BCUT2D eigenvalue weighted by Gasteiger charge is -2.11. The van der Waals surface area contributed by atoms with Gasteiger partial charge in [0.2, 0.25) is 0 Å². The van der Waals surface area contributed by atoms with Gasteiger partial charge in [-0.25, -0.2) is 9.97 Å². The number of para-hydroxylation sites is 3. The molecule has 10 aromatic rings. The number of furan rings is 1. The Bertz CT molecular complexity index is 2790. The number of fused-ring (bicyclic) bond motifs is 6. The molecule has 4 nitrogen and oxygen atoms in total. The van der Waals surface area contributed by atoms with E-state index in [4.69, 9.17) is 14.4 Å². The standard InChI is InChI=1S/C46H29N3O/c1-3-12-30(13-4-1)40-29-41(31-14-5-2-6-15-31)48-46(47-40)32-22-25-34(26-23-32)49-42-20-9-7-16-36(42)39-28-33(24-27-43(39)49)35-18-11-19-38-37-17-8-10-21-44(37)50-45(35)38/h1-29H. The molecule has 0 unspecified atom stereocenters. The van der Waals surface area contributed by atoms with Crippen molar-refractivity contribution < 1.29 is 4.42 Å². The van der Waals surface area contributed by atoms with Crippen molar-refractivity contribution in [1.82, 2.24) is 14.5 Å². The van der Waals surface area contributed by atoms with Crippen LogP contribution in [0.5, 0.6) is 0 Å². The summed E-state index contributed by atoms with van der Waals surface area (Å²) >= 11 is 0. The SMILES string of the molecule is c1ccc(-c2cc(-c3ccccc3)nc(-c3ccc(-n4c5ccccc5c5cc(-c6cccc7c6oc6ccccc67)ccc54)cc3)n2)cc1. The molecule has 0 radical (unpaired) electrons. The van der Waals surface area contributed by atoms with Crippen LogP contribution in [0, 0.1) is 0 Å². The van der Waals surface area contributed by atoms with Crippen LogP contribution in [0.1, 0.15) is 0 Å². The third kappa shape index (κ3) is 4.61. The molecule has 0 saturated heterocycles. The molecule has 0 atom stereocenters. The molecule has 0 aliphatic rings. The summed E-state index contributed by atoms with van der Waals surface area (Å²) in [5, 5.41) is 4.67. The Balaban J connectivity index is 1.09. The lowest BCUT2D eigenvalue weighted by atomic mass is 10.0. The lowest BCUT2D eigenvalue weighted by Crippen LogP contribution is -1.97. The summed E-state index contributed by atoms with van der Waals surface area (Å²) in [4.78, 5) is 10.1. The second-order valence-corrected chi connectivity index (χ2v) is 12.6. The normalized spacial score (nSPS) is 11.6. The van der Waals surface area contributed by atoms with Gasteiger partial charge in [-0.15, -0.1) is 0 Å². The summed E-state index contributed by atoms with van der Waals surface area (Å²) in [6.45, 7) is 0. The van der Waals surface area contributed by atoms with Gasteiger partial charge in [-0.3, -0.25) is 0 Å². The number of nitrogens with zero attached hydrogens (tertiary/aromatic N) is 3. The first kappa shape index (κ1) is 28.3. The van der Waals surface area contributed by atoms with Crippen LogP contribution < -0.4 is 0 Å². The zero-order valence-corrected chi connectivity index (χ0v) is 27.0. The fourth-order valence-electron chi connectivity index (χ4n) is 7.24. The van der Waals surface area contributed by atoms with Gasteiger partial charge in [-0.2, -0.15) is 0 Å². The van der Waals surface area contributed by atoms with Gasteiger partial charge >= 0.3 is 0 Å². The molecule has 0 fully saturated rings. The van der Waals surface area contributed by atoms with Gasteiger partial charge in [0.15, 0.2) is 5.82 Å². The first-order valence-corrected chi connectivity index (χ1v) is 16.8. The van der Waals surface area contributed by atoms with Crippen molar-refractivity contribution in [3.8, 4) is 50.7 Å². The second kappa shape index (κ2) is 11.4. The number of benzene rings is 7. The van der Waals surface area contributed by atoms with Crippen LogP contribution >= 0.6 is 0 Å². The molecule has 10 rings (SSSR count). The van der Waals surface area contributed by atoms with E-state index in [1.54, 1.807) is 0 Å². The first-order chi connectivity index (χ1) is 24.8. The zero-order chi connectivity index (χ0) is 33.0. The molecule has 4 heteroatoms. The van der Waals surface area contributed by atoms with Gasteiger partial charge in [-0.05, 0) is 60.2 Å². The third-order valence-electron chi connectivity index (χ3n) is 9.64. The molecule has 3 aromatic heterocycles. The Morgan fingerprint density at radius 2 is 1.00 bits per heavy atom. The molecule has 0 amide bonds. The first-order valence-electron chi connectivity index (χ1n) is 16.8. The number of rotatable bonds is 5. The van der Waals surface area contributed by atoms with Crippen molar-refractivity contribution in [3.05, 3.63) is 176 Å². The highest BCUT2D eigenvalue weighted by Gasteiger charge is 2.17. The minimum atomic E-state index is 0.698. The fraction of sp³-hybridized carbons (Fsp3) is 0. The van der Waals surface area contributed by atoms with Crippen molar-refractivity contribution in [1.29, 1.82) is 0 Å². The minimum Gasteiger partial charge on any atom is -0.455 e. The smallest absolute Gasteiger partial charge is 0.160 e. The fourth-order valence-corrected chi connectivity index (χ4v) is 7.24. The van der Waals surface area contributed by atoms with E-state index in [9.17, 15) is 0 Å². The summed E-state index contributed by atoms with van der Waals surface area (Å²) in [6, 6.07) is 61.3. The second-order valence-electron chi connectivity index (χ2n) is 12.6. The maximum atomic E-state index is 6.41. The van der Waals surface area contributed by atoms with E-state index >= 15 is 0 Å². The van der Waals surface area contributed by atoms with Crippen LogP contribution in [0.2, 0.25) is 0 Å².